The minimum atomic E-state index is -0.421. The Labute approximate surface area is 135 Å². The molecule has 102 valence electrons. The first-order chi connectivity index (χ1) is 9.47. The van der Waals surface area contributed by atoms with E-state index in [1.807, 2.05) is 18.2 Å². The van der Waals surface area contributed by atoms with Crippen molar-refractivity contribution in [1.82, 2.24) is 9.55 Å². The molecule has 0 bridgehead atoms. The molecule has 3 rings (SSSR count). The maximum absolute atomic E-state index is 13.4. The lowest BCUT2D eigenvalue weighted by atomic mass is 10.2. The molecule has 0 unspecified atom stereocenters. The molecular weight excluding hydrogens is 412 g/mol. The minimum Gasteiger partial charge on any atom is -0.369 e. The van der Waals surface area contributed by atoms with E-state index in [-0.39, 0.29) is 11.0 Å². The fraction of sp³-hybridized carbons (Fsp3) is 0. The van der Waals surface area contributed by atoms with Gasteiger partial charge in [0.25, 0.3) is 0 Å². The number of nitrogens with zero attached hydrogens (tertiary/aromatic N) is 2. The third kappa shape index (κ3) is 2.21. The van der Waals surface area contributed by atoms with Gasteiger partial charge in [-0.3, -0.25) is 4.57 Å². The standard InChI is InChI=1S/C13H7Br2ClFN3/c14-6-1-2-10-11(3-6)20(13(18)19-10)12-8(15)4-7(17)5-9(12)16/h1-5H,(H2,18,19). The molecule has 3 nitrogen and oxygen atoms in total. The van der Waals surface area contributed by atoms with Crippen LogP contribution >= 0.6 is 43.5 Å². The Kier molecular flexibility index (Phi) is 3.48. The first-order valence-electron chi connectivity index (χ1n) is 5.56. The number of aromatic nitrogens is 2. The molecule has 2 aromatic carbocycles. The van der Waals surface area contributed by atoms with Crippen molar-refractivity contribution in [2.75, 3.05) is 5.73 Å². The molecular formula is C13H7Br2ClFN3. The maximum atomic E-state index is 13.4. The molecule has 0 radical (unpaired) electrons. The van der Waals surface area contributed by atoms with Crippen LogP contribution in [0, 0.1) is 5.82 Å². The second-order valence-corrected chi connectivity index (χ2v) is 6.33. The van der Waals surface area contributed by atoms with E-state index < -0.39 is 5.82 Å². The molecule has 0 saturated heterocycles. The molecule has 0 saturated carbocycles. The second kappa shape index (κ2) is 5.02. The van der Waals surface area contributed by atoms with Crippen LogP contribution in [0.5, 0.6) is 0 Å². The molecule has 0 aliphatic heterocycles. The Balaban J connectivity index is 2.40. The number of imidazole rings is 1. The number of halogens is 4. The van der Waals surface area contributed by atoms with Gasteiger partial charge in [0.15, 0.2) is 0 Å². The molecule has 0 fully saturated rings. The Morgan fingerprint density at radius 3 is 2.65 bits per heavy atom. The average molecular weight is 419 g/mol. The smallest absolute Gasteiger partial charge is 0.206 e. The van der Waals surface area contributed by atoms with E-state index in [9.17, 15) is 4.39 Å². The zero-order valence-electron chi connectivity index (χ0n) is 9.87. The molecule has 1 aromatic heterocycles. The fourth-order valence-corrected chi connectivity index (χ4v) is 3.41. The average Bonchev–Trinajstić information content (AvgIpc) is 2.65. The Hall–Kier alpha value is -1.11. The summed E-state index contributed by atoms with van der Waals surface area (Å²) in [6.07, 6.45) is 0. The van der Waals surface area contributed by atoms with Gasteiger partial charge in [0, 0.05) is 8.95 Å². The van der Waals surface area contributed by atoms with Crippen molar-refractivity contribution >= 4 is 60.4 Å². The van der Waals surface area contributed by atoms with E-state index in [4.69, 9.17) is 17.3 Å². The van der Waals surface area contributed by atoms with E-state index in [2.05, 4.69) is 36.8 Å². The van der Waals surface area contributed by atoms with Gasteiger partial charge in [0.05, 0.1) is 21.7 Å². The molecule has 0 aliphatic rings. The molecule has 2 N–H and O–H groups in total. The largest absolute Gasteiger partial charge is 0.369 e. The van der Waals surface area contributed by atoms with Crippen LogP contribution in [0.25, 0.3) is 16.7 Å². The molecule has 1 heterocycles. The van der Waals surface area contributed by atoms with Gasteiger partial charge in [-0.25, -0.2) is 9.37 Å². The van der Waals surface area contributed by atoms with Gasteiger partial charge in [-0.05, 0) is 46.3 Å². The highest BCUT2D eigenvalue weighted by atomic mass is 79.9. The van der Waals surface area contributed by atoms with Crippen molar-refractivity contribution in [3.05, 3.63) is 50.1 Å². The molecule has 0 atom stereocenters. The number of nitrogens with two attached hydrogens (primary N) is 1. The third-order valence-corrected chi connectivity index (χ3v) is 4.23. The minimum absolute atomic E-state index is 0.253. The van der Waals surface area contributed by atoms with Crippen molar-refractivity contribution < 1.29 is 4.39 Å². The van der Waals surface area contributed by atoms with Gasteiger partial charge in [-0.1, -0.05) is 27.5 Å². The Morgan fingerprint density at radius 1 is 1.20 bits per heavy atom. The van der Waals surface area contributed by atoms with Gasteiger partial charge in [-0.15, -0.1) is 0 Å². The summed E-state index contributed by atoms with van der Waals surface area (Å²) in [4.78, 5) is 4.28. The lowest BCUT2D eigenvalue weighted by Gasteiger charge is -2.11. The van der Waals surface area contributed by atoms with Crippen LogP contribution < -0.4 is 5.73 Å². The van der Waals surface area contributed by atoms with Gasteiger partial charge in [0.2, 0.25) is 5.95 Å². The topological polar surface area (TPSA) is 43.8 Å². The summed E-state index contributed by atoms with van der Waals surface area (Å²) in [6.45, 7) is 0. The van der Waals surface area contributed by atoms with E-state index in [0.717, 1.165) is 15.5 Å². The fourth-order valence-electron chi connectivity index (χ4n) is 2.05. The monoisotopic (exact) mass is 417 g/mol. The highest BCUT2D eigenvalue weighted by molar-refractivity contribution is 9.10. The lowest BCUT2D eigenvalue weighted by Crippen LogP contribution is -2.02. The van der Waals surface area contributed by atoms with E-state index >= 15 is 0 Å². The Bertz CT molecular complexity index is 809. The number of nitrogen functional groups attached to an aromatic ring is 1. The number of anilines is 1. The van der Waals surface area contributed by atoms with Gasteiger partial charge >= 0.3 is 0 Å². The van der Waals surface area contributed by atoms with Crippen molar-refractivity contribution in [2.24, 2.45) is 0 Å². The van der Waals surface area contributed by atoms with Gasteiger partial charge in [0.1, 0.15) is 5.82 Å². The van der Waals surface area contributed by atoms with E-state index in [0.29, 0.717) is 10.2 Å². The van der Waals surface area contributed by atoms with Crippen LogP contribution in [-0.4, -0.2) is 9.55 Å². The molecule has 0 spiro atoms. The second-order valence-electron chi connectivity index (χ2n) is 4.16. The van der Waals surface area contributed by atoms with Crippen molar-refractivity contribution in [2.45, 2.75) is 0 Å². The predicted molar refractivity (Wildman–Crippen MR) is 85.9 cm³/mol. The molecule has 0 aliphatic carbocycles. The highest BCUT2D eigenvalue weighted by Gasteiger charge is 2.16. The normalized spacial score (nSPS) is 11.2. The zero-order chi connectivity index (χ0) is 14.4. The van der Waals surface area contributed by atoms with Crippen molar-refractivity contribution in [3.63, 3.8) is 0 Å². The number of fused-ring (bicyclic) bond motifs is 1. The zero-order valence-corrected chi connectivity index (χ0v) is 13.8. The highest BCUT2D eigenvalue weighted by Crippen LogP contribution is 2.35. The van der Waals surface area contributed by atoms with Crippen LogP contribution in [0.15, 0.2) is 39.3 Å². The van der Waals surface area contributed by atoms with E-state index in [1.54, 1.807) is 4.57 Å². The first-order valence-corrected chi connectivity index (χ1v) is 7.52. The quantitative estimate of drug-likeness (QED) is 0.608. The number of benzene rings is 2. The molecule has 20 heavy (non-hydrogen) atoms. The van der Waals surface area contributed by atoms with Crippen LogP contribution in [0.1, 0.15) is 0 Å². The summed E-state index contributed by atoms with van der Waals surface area (Å²) in [5, 5.41) is 0.253. The summed E-state index contributed by atoms with van der Waals surface area (Å²) in [5.41, 5.74) is 8.05. The third-order valence-electron chi connectivity index (χ3n) is 2.85. The summed E-state index contributed by atoms with van der Waals surface area (Å²) in [7, 11) is 0. The molecule has 7 heteroatoms. The van der Waals surface area contributed by atoms with E-state index in [1.165, 1.54) is 12.1 Å². The van der Waals surface area contributed by atoms with Crippen LogP contribution in [0.2, 0.25) is 5.02 Å². The number of hydrogen-bond acceptors (Lipinski definition) is 2. The molecule has 0 amide bonds. The van der Waals surface area contributed by atoms with Crippen molar-refractivity contribution in [1.29, 1.82) is 0 Å². The van der Waals surface area contributed by atoms with Gasteiger partial charge in [-0.2, -0.15) is 0 Å². The van der Waals surface area contributed by atoms with Gasteiger partial charge < -0.3 is 5.73 Å². The van der Waals surface area contributed by atoms with Crippen LogP contribution in [-0.2, 0) is 0 Å². The number of rotatable bonds is 1. The summed E-state index contributed by atoms with van der Waals surface area (Å²) in [6, 6.07) is 8.18. The van der Waals surface area contributed by atoms with Crippen LogP contribution in [0.3, 0.4) is 0 Å². The predicted octanol–water partition coefficient (Wildman–Crippen LogP) is 4.93. The maximum Gasteiger partial charge on any atom is 0.206 e. The molecule has 3 aromatic rings. The number of hydrogen-bond donors (Lipinski definition) is 1. The lowest BCUT2D eigenvalue weighted by molar-refractivity contribution is 0.626. The SMILES string of the molecule is Nc1nc2ccc(Br)cc2n1-c1c(Cl)cc(F)cc1Br. The summed E-state index contributed by atoms with van der Waals surface area (Å²) >= 11 is 12.9. The Morgan fingerprint density at radius 2 is 1.95 bits per heavy atom. The van der Waals surface area contributed by atoms with Crippen molar-refractivity contribution in [3.8, 4) is 5.69 Å². The summed E-state index contributed by atoms with van der Waals surface area (Å²) in [5.74, 6) is -0.137. The first kappa shape index (κ1) is 13.9. The summed E-state index contributed by atoms with van der Waals surface area (Å²) < 4.78 is 16.4. The van der Waals surface area contributed by atoms with Crippen LogP contribution in [0.4, 0.5) is 10.3 Å².